The molecule has 0 aliphatic heterocycles. The van der Waals surface area contributed by atoms with E-state index in [9.17, 15) is 0 Å². The van der Waals surface area contributed by atoms with Crippen LogP contribution in [0.4, 0.5) is 0 Å². The summed E-state index contributed by atoms with van der Waals surface area (Å²) in [5.41, 5.74) is 2.74. The molecule has 2 heteroatoms. The van der Waals surface area contributed by atoms with E-state index in [0.29, 0.717) is 6.04 Å². The molecular weight excluding hydrogens is 190 g/mol. The van der Waals surface area contributed by atoms with Crippen LogP contribution in [0.5, 0.6) is 0 Å². The Bertz CT molecular complexity index is 273. The van der Waals surface area contributed by atoms with Gasteiger partial charge < -0.3 is 5.32 Å². The van der Waals surface area contributed by atoms with Crippen LogP contribution in [0, 0.1) is 6.92 Å². The fourth-order valence-electron chi connectivity index (χ4n) is 1.60. The monoisotopic (exact) mass is 209 g/mol. The summed E-state index contributed by atoms with van der Waals surface area (Å²) in [5, 5.41) is 3.37. The van der Waals surface area contributed by atoms with Crippen molar-refractivity contribution < 1.29 is 0 Å². The fourth-order valence-corrected chi connectivity index (χ4v) is 2.07. The van der Waals surface area contributed by atoms with Gasteiger partial charge in [0.05, 0.1) is 0 Å². The first-order chi connectivity index (χ1) is 6.77. The van der Waals surface area contributed by atoms with Crippen molar-refractivity contribution in [1.29, 1.82) is 0 Å². The van der Waals surface area contributed by atoms with E-state index in [1.165, 1.54) is 23.3 Å². The summed E-state index contributed by atoms with van der Waals surface area (Å²) >= 11 is 1.90. The van der Waals surface area contributed by atoms with Crippen LogP contribution in [-0.2, 0) is 0 Å². The highest BCUT2D eigenvalue weighted by atomic mass is 32.2. The van der Waals surface area contributed by atoms with E-state index in [0.717, 1.165) is 0 Å². The normalized spacial score (nSPS) is 12.8. The minimum absolute atomic E-state index is 0.502. The number of hydrogen-bond acceptors (Lipinski definition) is 2. The lowest BCUT2D eigenvalue weighted by atomic mass is 10.0. The summed E-state index contributed by atoms with van der Waals surface area (Å²) < 4.78 is 0. The molecule has 1 aromatic rings. The third-order valence-corrected chi connectivity index (χ3v) is 3.05. The molecule has 1 unspecified atom stereocenters. The van der Waals surface area contributed by atoms with Crippen molar-refractivity contribution in [3.05, 3.63) is 35.4 Å². The predicted octanol–water partition coefficient (Wildman–Crippen LogP) is 3.01. The highest BCUT2D eigenvalue weighted by Gasteiger charge is 2.07. The van der Waals surface area contributed by atoms with Crippen LogP contribution in [0.25, 0.3) is 0 Å². The third kappa shape index (κ3) is 3.35. The molecule has 0 heterocycles. The molecule has 0 aliphatic carbocycles. The standard InChI is InChI=1S/C12H19NS/c1-10-5-4-6-11(9-10)12(13-2)7-8-14-3/h4-6,9,12-13H,7-8H2,1-3H3. The van der Waals surface area contributed by atoms with Gasteiger partial charge in [-0.15, -0.1) is 0 Å². The van der Waals surface area contributed by atoms with Crippen molar-refractivity contribution in [2.24, 2.45) is 0 Å². The predicted molar refractivity (Wildman–Crippen MR) is 66.0 cm³/mol. The number of benzene rings is 1. The largest absolute Gasteiger partial charge is 0.313 e. The summed E-state index contributed by atoms with van der Waals surface area (Å²) in [5.74, 6) is 1.21. The number of thioether (sulfide) groups is 1. The van der Waals surface area contributed by atoms with Crippen molar-refractivity contribution >= 4 is 11.8 Å². The molecule has 0 spiro atoms. The van der Waals surface area contributed by atoms with Gasteiger partial charge in [-0.2, -0.15) is 11.8 Å². The molecule has 1 atom stereocenters. The Morgan fingerprint density at radius 1 is 1.43 bits per heavy atom. The molecule has 0 radical (unpaired) electrons. The first-order valence-electron chi connectivity index (χ1n) is 5.00. The van der Waals surface area contributed by atoms with E-state index >= 15 is 0 Å². The van der Waals surface area contributed by atoms with Gasteiger partial charge in [-0.05, 0) is 38.0 Å². The number of aryl methyl sites for hydroxylation is 1. The molecule has 1 rings (SSSR count). The van der Waals surface area contributed by atoms with E-state index < -0.39 is 0 Å². The van der Waals surface area contributed by atoms with Gasteiger partial charge in [0.1, 0.15) is 0 Å². The van der Waals surface area contributed by atoms with Crippen molar-refractivity contribution in [2.45, 2.75) is 19.4 Å². The highest BCUT2D eigenvalue weighted by molar-refractivity contribution is 7.98. The molecule has 0 aromatic heterocycles. The zero-order valence-electron chi connectivity index (χ0n) is 9.21. The molecule has 1 aromatic carbocycles. The van der Waals surface area contributed by atoms with Crippen LogP contribution >= 0.6 is 11.8 Å². The summed E-state index contributed by atoms with van der Waals surface area (Å²) in [6.07, 6.45) is 3.35. The first kappa shape index (κ1) is 11.6. The Kier molecular flexibility index (Phi) is 5.05. The van der Waals surface area contributed by atoms with Crippen LogP contribution < -0.4 is 5.32 Å². The molecule has 0 bridgehead atoms. The van der Waals surface area contributed by atoms with Crippen molar-refractivity contribution in [3.8, 4) is 0 Å². The number of nitrogens with one attached hydrogen (secondary N) is 1. The second-order valence-electron chi connectivity index (χ2n) is 3.54. The van der Waals surface area contributed by atoms with Gasteiger partial charge >= 0.3 is 0 Å². The van der Waals surface area contributed by atoms with E-state index in [4.69, 9.17) is 0 Å². The van der Waals surface area contributed by atoms with Crippen LogP contribution in [0.3, 0.4) is 0 Å². The fraction of sp³-hybridized carbons (Fsp3) is 0.500. The third-order valence-electron chi connectivity index (χ3n) is 2.40. The second-order valence-corrected chi connectivity index (χ2v) is 4.52. The Morgan fingerprint density at radius 3 is 2.79 bits per heavy atom. The van der Waals surface area contributed by atoms with Crippen LogP contribution in [0.15, 0.2) is 24.3 Å². The average molecular weight is 209 g/mol. The van der Waals surface area contributed by atoms with Crippen LogP contribution in [0.2, 0.25) is 0 Å². The van der Waals surface area contributed by atoms with Gasteiger partial charge in [-0.25, -0.2) is 0 Å². The van der Waals surface area contributed by atoms with Crippen molar-refractivity contribution in [1.82, 2.24) is 5.32 Å². The van der Waals surface area contributed by atoms with E-state index in [1.54, 1.807) is 0 Å². The highest BCUT2D eigenvalue weighted by Crippen LogP contribution is 2.18. The lowest BCUT2D eigenvalue weighted by Gasteiger charge is -2.16. The van der Waals surface area contributed by atoms with Gasteiger partial charge in [-0.1, -0.05) is 29.8 Å². The molecule has 0 amide bonds. The SMILES string of the molecule is CNC(CCSC)c1cccc(C)c1. The van der Waals surface area contributed by atoms with Crippen LogP contribution in [0.1, 0.15) is 23.6 Å². The van der Waals surface area contributed by atoms with Crippen molar-refractivity contribution in [3.63, 3.8) is 0 Å². The first-order valence-corrected chi connectivity index (χ1v) is 6.40. The summed E-state index contributed by atoms with van der Waals surface area (Å²) in [7, 11) is 2.04. The zero-order chi connectivity index (χ0) is 10.4. The Morgan fingerprint density at radius 2 is 2.21 bits per heavy atom. The molecule has 1 N–H and O–H groups in total. The maximum Gasteiger partial charge on any atom is 0.0325 e. The summed E-state index contributed by atoms with van der Waals surface area (Å²) in [6, 6.07) is 9.25. The molecular formula is C12H19NS. The Hall–Kier alpha value is -0.470. The quantitative estimate of drug-likeness (QED) is 0.800. The molecule has 78 valence electrons. The summed E-state index contributed by atoms with van der Waals surface area (Å²) in [4.78, 5) is 0. The zero-order valence-corrected chi connectivity index (χ0v) is 10.0. The maximum atomic E-state index is 3.37. The van der Waals surface area contributed by atoms with Gasteiger partial charge in [0.2, 0.25) is 0 Å². The van der Waals surface area contributed by atoms with Gasteiger partial charge in [-0.3, -0.25) is 0 Å². The van der Waals surface area contributed by atoms with Gasteiger partial charge in [0, 0.05) is 6.04 Å². The summed E-state index contributed by atoms with van der Waals surface area (Å²) in [6.45, 7) is 2.14. The molecule has 14 heavy (non-hydrogen) atoms. The second kappa shape index (κ2) is 6.10. The van der Waals surface area contributed by atoms with Gasteiger partial charge in [0.25, 0.3) is 0 Å². The smallest absolute Gasteiger partial charge is 0.0325 e. The lowest BCUT2D eigenvalue weighted by molar-refractivity contribution is 0.581. The molecule has 0 aliphatic rings. The van der Waals surface area contributed by atoms with E-state index in [2.05, 4.69) is 42.8 Å². The molecule has 0 saturated carbocycles. The molecule has 0 saturated heterocycles. The number of rotatable bonds is 5. The van der Waals surface area contributed by atoms with Gasteiger partial charge in [0.15, 0.2) is 0 Å². The minimum atomic E-state index is 0.502. The Labute approximate surface area is 91.3 Å². The molecule has 1 nitrogen and oxygen atoms in total. The average Bonchev–Trinajstić information content (AvgIpc) is 2.19. The Balaban J connectivity index is 2.68. The van der Waals surface area contributed by atoms with E-state index in [-0.39, 0.29) is 0 Å². The molecule has 0 fully saturated rings. The maximum absolute atomic E-state index is 3.37. The topological polar surface area (TPSA) is 12.0 Å². The lowest BCUT2D eigenvalue weighted by Crippen LogP contribution is -2.17. The van der Waals surface area contributed by atoms with Crippen LogP contribution in [-0.4, -0.2) is 19.1 Å². The van der Waals surface area contributed by atoms with E-state index in [1.807, 2.05) is 18.8 Å². The number of hydrogen-bond donors (Lipinski definition) is 1. The minimum Gasteiger partial charge on any atom is -0.313 e. The van der Waals surface area contributed by atoms with Crippen molar-refractivity contribution in [2.75, 3.05) is 19.1 Å².